The number of hydrogen-bond donors (Lipinski definition) is 1. The second-order valence-electron chi connectivity index (χ2n) is 4.15. The van der Waals surface area contributed by atoms with Gasteiger partial charge < -0.3 is 5.32 Å². The Kier molecular flexibility index (Phi) is 5.19. The first-order valence-electron chi connectivity index (χ1n) is 5.53. The van der Waals surface area contributed by atoms with E-state index in [9.17, 15) is 17.4 Å². The lowest BCUT2D eigenvalue weighted by atomic mass is 10.1. The van der Waals surface area contributed by atoms with Crippen molar-refractivity contribution in [1.29, 1.82) is 0 Å². The van der Waals surface area contributed by atoms with E-state index < -0.39 is 22.5 Å². The van der Waals surface area contributed by atoms with Crippen LogP contribution in [0.15, 0.2) is 24.3 Å². The molecular formula is C12H16F3NOS. The van der Waals surface area contributed by atoms with Crippen LogP contribution in [0.3, 0.4) is 0 Å². The number of anilines is 1. The van der Waals surface area contributed by atoms with Crippen molar-refractivity contribution >= 4 is 16.5 Å². The summed E-state index contributed by atoms with van der Waals surface area (Å²) in [5.74, 6) is 0.475. The third-order valence-electron chi connectivity index (χ3n) is 2.47. The van der Waals surface area contributed by atoms with Gasteiger partial charge in [0.15, 0.2) is 0 Å². The predicted octanol–water partition coefficient (Wildman–Crippen LogP) is 3.27. The summed E-state index contributed by atoms with van der Waals surface area (Å²) in [5, 5.41) is 2.82. The standard InChI is InChI=1S/C12H16F3NOS/c1-9(7-8-18(2)17)16-11-6-4-3-5-10(11)12(13,14)15/h3-6,9,16H,7-8H2,1-2H3. The molecule has 2 unspecified atom stereocenters. The molecule has 0 bridgehead atoms. The minimum absolute atomic E-state index is 0.0689. The molecule has 0 amide bonds. The van der Waals surface area contributed by atoms with Gasteiger partial charge in [-0.1, -0.05) is 12.1 Å². The zero-order valence-electron chi connectivity index (χ0n) is 10.3. The van der Waals surface area contributed by atoms with Crippen LogP contribution in [0.2, 0.25) is 0 Å². The summed E-state index contributed by atoms with van der Waals surface area (Å²) in [6.07, 6.45) is -2.22. The number of nitrogens with one attached hydrogen (secondary N) is 1. The van der Waals surface area contributed by atoms with Crippen LogP contribution in [0.1, 0.15) is 18.9 Å². The van der Waals surface area contributed by atoms with Crippen molar-refractivity contribution in [2.75, 3.05) is 17.3 Å². The van der Waals surface area contributed by atoms with E-state index in [4.69, 9.17) is 0 Å². The average Bonchev–Trinajstić information content (AvgIpc) is 2.25. The van der Waals surface area contributed by atoms with Crippen molar-refractivity contribution < 1.29 is 17.4 Å². The van der Waals surface area contributed by atoms with Crippen molar-refractivity contribution in [3.63, 3.8) is 0 Å². The van der Waals surface area contributed by atoms with Gasteiger partial charge >= 0.3 is 6.18 Å². The highest BCUT2D eigenvalue weighted by molar-refractivity contribution is 7.84. The lowest BCUT2D eigenvalue weighted by Gasteiger charge is -2.18. The Labute approximate surface area is 107 Å². The fourth-order valence-corrected chi connectivity index (χ4v) is 2.22. The van der Waals surface area contributed by atoms with E-state index >= 15 is 0 Å². The van der Waals surface area contributed by atoms with Crippen LogP contribution in [0, 0.1) is 0 Å². The summed E-state index contributed by atoms with van der Waals surface area (Å²) in [6.45, 7) is 1.78. The molecule has 1 rings (SSSR count). The van der Waals surface area contributed by atoms with Gasteiger partial charge in [0.2, 0.25) is 0 Å². The van der Waals surface area contributed by atoms with Crippen LogP contribution in [-0.4, -0.2) is 22.3 Å². The Hall–Kier alpha value is -1.04. The van der Waals surface area contributed by atoms with Crippen LogP contribution in [0.25, 0.3) is 0 Å². The second-order valence-corrected chi connectivity index (χ2v) is 5.71. The van der Waals surface area contributed by atoms with Crippen LogP contribution >= 0.6 is 0 Å². The van der Waals surface area contributed by atoms with Crippen LogP contribution < -0.4 is 5.32 Å². The number of alkyl halides is 3. The fourth-order valence-electron chi connectivity index (χ4n) is 1.54. The zero-order valence-corrected chi connectivity index (χ0v) is 11.1. The van der Waals surface area contributed by atoms with Gasteiger partial charge in [0.25, 0.3) is 0 Å². The maximum Gasteiger partial charge on any atom is 0.418 e. The normalized spacial score (nSPS) is 15.2. The molecule has 0 saturated heterocycles. The zero-order chi connectivity index (χ0) is 13.8. The summed E-state index contributed by atoms with van der Waals surface area (Å²) < 4.78 is 49.1. The predicted molar refractivity (Wildman–Crippen MR) is 68.1 cm³/mol. The number of benzene rings is 1. The molecule has 0 fully saturated rings. The smallest absolute Gasteiger partial charge is 0.382 e. The van der Waals surface area contributed by atoms with E-state index in [1.54, 1.807) is 19.2 Å². The Morgan fingerprint density at radius 2 is 1.94 bits per heavy atom. The van der Waals surface area contributed by atoms with E-state index in [-0.39, 0.29) is 11.7 Å². The van der Waals surface area contributed by atoms with Crippen molar-refractivity contribution in [3.05, 3.63) is 29.8 Å². The van der Waals surface area contributed by atoms with Gasteiger partial charge in [-0.05, 0) is 25.5 Å². The molecular weight excluding hydrogens is 263 g/mol. The van der Waals surface area contributed by atoms with Gasteiger partial charge in [0, 0.05) is 34.5 Å². The van der Waals surface area contributed by atoms with E-state index in [1.807, 2.05) is 0 Å². The summed E-state index contributed by atoms with van der Waals surface area (Å²) in [5.41, 5.74) is -0.603. The molecule has 1 N–H and O–H groups in total. The van der Waals surface area contributed by atoms with Crippen molar-refractivity contribution in [2.24, 2.45) is 0 Å². The molecule has 2 nitrogen and oxygen atoms in total. The molecule has 2 atom stereocenters. The van der Waals surface area contributed by atoms with Gasteiger partial charge in [-0.15, -0.1) is 0 Å². The quantitative estimate of drug-likeness (QED) is 0.896. The monoisotopic (exact) mass is 279 g/mol. The van der Waals surface area contributed by atoms with Gasteiger partial charge in [-0.2, -0.15) is 13.2 Å². The van der Waals surface area contributed by atoms with Gasteiger partial charge in [0.1, 0.15) is 0 Å². The molecule has 0 heterocycles. The Morgan fingerprint density at radius 3 is 2.50 bits per heavy atom. The molecule has 0 aliphatic rings. The maximum absolute atomic E-state index is 12.7. The lowest BCUT2D eigenvalue weighted by molar-refractivity contribution is -0.137. The maximum atomic E-state index is 12.7. The molecule has 0 spiro atoms. The van der Waals surface area contributed by atoms with Crippen molar-refractivity contribution in [3.8, 4) is 0 Å². The first kappa shape index (κ1) is 15.0. The van der Waals surface area contributed by atoms with E-state index in [0.717, 1.165) is 6.07 Å². The number of para-hydroxylation sites is 1. The minimum Gasteiger partial charge on any atom is -0.382 e. The molecule has 0 saturated carbocycles. The summed E-state index contributed by atoms with van der Waals surface area (Å²) >= 11 is 0. The Balaban J connectivity index is 2.75. The molecule has 6 heteroatoms. The Bertz CT molecular complexity index is 420. The molecule has 1 aromatic carbocycles. The fraction of sp³-hybridized carbons (Fsp3) is 0.500. The number of rotatable bonds is 5. The van der Waals surface area contributed by atoms with Gasteiger partial charge in [0.05, 0.1) is 5.56 Å². The van der Waals surface area contributed by atoms with E-state index in [2.05, 4.69) is 5.32 Å². The third-order valence-corrected chi connectivity index (χ3v) is 3.28. The number of halogens is 3. The highest BCUT2D eigenvalue weighted by atomic mass is 32.2. The highest BCUT2D eigenvalue weighted by Gasteiger charge is 2.33. The summed E-state index contributed by atoms with van der Waals surface area (Å²) in [7, 11) is -0.929. The second kappa shape index (κ2) is 6.22. The van der Waals surface area contributed by atoms with E-state index in [1.165, 1.54) is 12.1 Å². The van der Waals surface area contributed by atoms with Crippen LogP contribution in [0.4, 0.5) is 18.9 Å². The molecule has 1 aromatic rings. The van der Waals surface area contributed by atoms with Crippen molar-refractivity contribution in [2.45, 2.75) is 25.6 Å². The molecule has 0 aromatic heterocycles. The van der Waals surface area contributed by atoms with Crippen molar-refractivity contribution in [1.82, 2.24) is 0 Å². The van der Waals surface area contributed by atoms with Crippen LogP contribution in [0.5, 0.6) is 0 Å². The molecule has 18 heavy (non-hydrogen) atoms. The molecule has 0 radical (unpaired) electrons. The minimum atomic E-state index is -4.36. The lowest BCUT2D eigenvalue weighted by Crippen LogP contribution is -2.20. The SMILES string of the molecule is CC(CCS(C)=O)Nc1ccccc1C(F)(F)F. The average molecular weight is 279 g/mol. The first-order chi connectivity index (χ1) is 8.30. The third kappa shape index (κ3) is 4.68. The Morgan fingerprint density at radius 1 is 1.33 bits per heavy atom. The van der Waals surface area contributed by atoms with E-state index in [0.29, 0.717) is 12.2 Å². The largest absolute Gasteiger partial charge is 0.418 e. The molecule has 0 aliphatic carbocycles. The summed E-state index contributed by atoms with van der Waals surface area (Å²) in [4.78, 5) is 0. The van der Waals surface area contributed by atoms with Crippen LogP contribution in [-0.2, 0) is 17.0 Å². The summed E-state index contributed by atoms with van der Waals surface area (Å²) in [6, 6.07) is 5.22. The van der Waals surface area contributed by atoms with Gasteiger partial charge in [-0.3, -0.25) is 4.21 Å². The molecule has 0 aliphatic heterocycles. The van der Waals surface area contributed by atoms with Gasteiger partial charge in [-0.25, -0.2) is 0 Å². The first-order valence-corrected chi connectivity index (χ1v) is 7.26. The highest BCUT2D eigenvalue weighted by Crippen LogP contribution is 2.34. The topological polar surface area (TPSA) is 29.1 Å². The molecule has 102 valence electrons. The number of hydrogen-bond acceptors (Lipinski definition) is 2.